The lowest BCUT2D eigenvalue weighted by Crippen LogP contribution is -2.35. The summed E-state index contributed by atoms with van der Waals surface area (Å²) >= 11 is 0. The zero-order chi connectivity index (χ0) is 13.2. The molecule has 0 unspecified atom stereocenters. The minimum atomic E-state index is -0.0663. The molecule has 1 aromatic carbocycles. The van der Waals surface area contributed by atoms with Crippen LogP contribution < -0.4 is 16.0 Å². The minimum Gasteiger partial charge on any atom is -0.325 e. The molecule has 1 aromatic heterocycles. The van der Waals surface area contributed by atoms with Gasteiger partial charge in [0.05, 0.1) is 29.5 Å². The highest BCUT2D eigenvalue weighted by atomic mass is 16.2. The van der Waals surface area contributed by atoms with Gasteiger partial charge in [-0.25, -0.2) is 4.98 Å². The standard InChI is InChI=1S/C13H13N5O/c14-5-9-6-16-12(7-15-9)18-8-13(19)17-10-3-1-2-4-11(10)18/h1-4,6-7H,5,8,14H2,(H,17,19). The van der Waals surface area contributed by atoms with Gasteiger partial charge in [0.1, 0.15) is 6.54 Å². The topological polar surface area (TPSA) is 84.1 Å². The van der Waals surface area contributed by atoms with Crippen molar-refractivity contribution >= 4 is 23.1 Å². The maximum atomic E-state index is 11.7. The highest BCUT2D eigenvalue weighted by molar-refractivity contribution is 6.02. The molecule has 0 aliphatic carbocycles. The second kappa shape index (κ2) is 4.66. The number of hydrogen-bond acceptors (Lipinski definition) is 5. The van der Waals surface area contributed by atoms with Gasteiger partial charge < -0.3 is 16.0 Å². The van der Waals surface area contributed by atoms with E-state index in [-0.39, 0.29) is 12.5 Å². The van der Waals surface area contributed by atoms with E-state index >= 15 is 0 Å². The van der Waals surface area contributed by atoms with Gasteiger partial charge in [0.15, 0.2) is 5.82 Å². The van der Waals surface area contributed by atoms with Crippen molar-refractivity contribution in [1.82, 2.24) is 9.97 Å². The van der Waals surface area contributed by atoms with E-state index in [1.165, 1.54) is 0 Å². The van der Waals surface area contributed by atoms with E-state index < -0.39 is 0 Å². The number of nitrogens with one attached hydrogen (secondary N) is 1. The molecule has 0 saturated carbocycles. The second-order valence-corrected chi connectivity index (χ2v) is 4.22. The molecule has 96 valence electrons. The van der Waals surface area contributed by atoms with E-state index in [0.29, 0.717) is 12.4 Å². The number of amides is 1. The minimum absolute atomic E-state index is 0.0663. The van der Waals surface area contributed by atoms with Crippen molar-refractivity contribution in [2.24, 2.45) is 5.73 Å². The van der Waals surface area contributed by atoms with E-state index in [2.05, 4.69) is 15.3 Å². The van der Waals surface area contributed by atoms with E-state index in [0.717, 1.165) is 17.1 Å². The van der Waals surface area contributed by atoms with Crippen LogP contribution in [-0.4, -0.2) is 22.4 Å². The first kappa shape index (κ1) is 11.6. The first-order chi connectivity index (χ1) is 9.28. The van der Waals surface area contributed by atoms with Gasteiger partial charge >= 0.3 is 0 Å². The number of nitrogens with zero attached hydrogens (tertiary/aromatic N) is 3. The second-order valence-electron chi connectivity index (χ2n) is 4.22. The zero-order valence-electron chi connectivity index (χ0n) is 10.2. The predicted octanol–water partition coefficient (Wildman–Crippen LogP) is 1.03. The molecule has 1 amide bonds. The monoisotopic (exact) mass is 255 g/mol. The molecule has 19 heavy (non-hydrogen) atoms. The van der Waals surface area contributed by atoms with Gasteiger partial charge in [-0.15, -0.1) is 0 Å². The normalized spacial score (nSPS) is 13.9. The van der Waals surface area contributed by atoms with Gasteiger partial charge in [-0.2, -0.15) is 0 Å². The van der Waals surface area contributed by atoms with Gasteiger partial charge in [-0.05, 0) is 12.1 Å². The molecular weight excluding hydrogens is 242 g/mol. The maximum Gasteiger partial charge on any atom is 0.244 e. The van der Waals surface area contributed by atoms with Gasteiger partial charge in [0.2, 0.25) is 5.91 Å². The predicted molar refractivity (Wildman–Crippen MR) is 72.0 cm³/mol. The summed E-state index contributed by atoms with van der Waals surface area (Å²) in [6, 6.07) is 7.60. The summed E-state index contributed by atoms with van der Waals surface area (Å²) in [4.78, 5) is 22.1. The molecule has 1 aliphatic heterocycles. The van der Waals surface area contributed by atoms with Crippen molar-refractivity contribution in [2.75, 3.05) is 16.8 Å². The van der Waals surface area contributed by atoms with Crippen LogP contribution in [0.25, 0.3) is 0 Å². The number of carbonyl (C=O) groups excluding carboxylic acids is 1. The average Bonchev–Trinajstić information content (AvgIpc) is 2.46. The fraction of sp³-hybridized carbons (Fsp3) is 0.154. The molecule has 2 aromatic rings. The van der Waals surface area contributed by atoms with Gasteiger partial charge in [-0.1, -0.05) is 12.1 Å². The molecule has 0 atom stereocenters. The summed E-state index contributed by atoms with van der Waals surface area (Å²) in [6.07, 6.45) is 3.27. The van der Waals surface area contributed by atoms with E-state index in [1.807, 2.05) is 29.2 Å². The highest BCUT2D eigenvalue weighted by Gasteiger charge is 2.23. The van der Waals surface area contributed by atoms with Crippen molar-refractivity contribution in [3.8, 4) is 0 Å². The molecule has 2 heterocycles. The molecule has 0 spiro atoms. The summed E-state index contributed by atoms with van der Waals surface area (Å²) in [5.41, 5.74) is 7.91. The van der Waals surface area contributed by atoms with Crippen LogP contribution in [0.1, 0.15) is 5.69 Å². The number of benzene rings is 1. The summed E-state index contributed by atoms with van der Waals surface area (Å²) in [5.74, 6) is 0.572. The quantitative estimate of drug-likeness (QED) is 0.837. The molecule has 6 heteroatoms. The van der Waals surface area contributed by atoms with Crippen LogP contribution in [0, 0.1) is 0 Å². The van der Waals surface area contributed by atoms with Crippen LogP contribution in [0.15, 0.2) is 36.7 Å². The van der Waals surface area contributed by atoms with Crippen molar-refractivity contribution in [3.63, 3.8) is 0 Å². The Labute approximate surface area is 110 Å². The van der Waals surface area contributed by atoms with E-state index in [4.69, 9.17) is 5.73 Å². The molecule has 3 N–H and O–H groups in total. The number of para-hydroxylation sites is 2. The average molecular weight is 255 g/mol. The maximum absolute atomic E-state index is 11.7. The summed E-state index contributed by atoms with van der Waals surface area (Å²) in [6.45, 7) is 0.581. The molecule has 0 fully saturated rings. The fourth-order valence-electron chi connectivity index (χ4n) is 2.03. The highest BCUT2D eigenvalue weighted by Crippen LogP contribution is 2.33. The molecular formula is C13H13N5O. The van der Waals surface area contributed by atoms with Crippen LogP contribution in [0.5, 0.6) is 0 Å². The molecule has 1 aliphatic rings. The van der Waals surface area contributed by atoms with Crippen molar-refractivity contribution in [2.45, 2.75) is 6.54 Å². The van der Waals surface area contributed by atoms with Gasteiger partial charge in [0, 0.05) is 6.54 Å². The van der Waals surface area contributed by atoms with Gasteiger partial charge in [-0.3, -0.25) is 9.78 Å². The fourth-order valence-corrected chi connectivity index (χ4v) is 2.03. The van der Waals surface area contributed by atoms with Crippen molar-refractivity contribution in [1.29, 1.82) is 0 Å². The van der Waals surface area contributed by atoms with E-state index in [1.54, 1.807) is 12.4 Å². The Morgan fingerprint density at radius 3 is 2.84 bits per heavy atom. The molecule has 6 nitrogen and oxygen atoms in total. The first-order valence-corrected chi connectivity index (χ1v) is 5.95. The number of hydrogen-bond donors (Lipinski definition) is 2. The smallest absolute Gasteiger partial charge is 0.244 e. The SMILES string of the molecule is NCc1cnc(N2CC(=O)Nc3ccccc32)cn1. The van der Waals surface area contributed by atoms with Crippen molar-refractivity contribution in [3.05, 3.63) is 42.4 Å². The number of rotatable bonds is 2. The molecule has 3 rings (SSSR count). The van der Waals surface area contributed by atoms with Crippen LogP contribution in [0.4, 0.5) is 17.2 Å². The molecule has 0 bridgehead atoms. The number of anilines is 3. The Morgan fingerprint density at radius 2 is 2.11 bits per heavy atom. The lowest BCUT2D eigenvalue weighted by atomic mass is 10.2. The summed E-state index contributed by atoms with van der Waals surface area (Å²) < 4.78 is 0. The Balaban J connectivity index is 2.02. The number of carbonyl (C=O) groups is 1. The third-order valence-corrected chi connectivity index (χ3v) is 2.95. The number of nitrogens with two attached hydrogens (primary N) is 1. The Bertz CT molecular complexity index is 611. The van der Waals surface area contributed by atoms with Crippen molar-refractivity contribution < 1.29 is 4.79 Å². The molecule has 0 radical (unpaired) electrons. The third kappa shape index (κ3) is 2.13. The van der Waals surface area contributed by atoms with Crippen LogP contribution in [-0.2, 0) is 11.3 Å². The third-order valence-electron chi connectivity index (χ3n) is 2.95. The van der Waals surface area contributed by atoms with Gasteiger partial charge in [0.25, 0.3) is 0 Å². The first-order valence-electron chi connectivity index (χ1n) is 5.95. The molecule has 0 saturated heterocycles. The van der Waals surface area contributed by atoms with Crippen LogP contribution >= 0.6 is 0 Å². The van der Waals surface area contributed by atoms with Crippen LogP contribution in [0.2, 0.25) is 0 Å². The summed E-state index contributed by atoms with van der Waals surface area (Å²) in [5, 5.41) is 2.83. The Kier molecular flexibility index (Phi) is 2.85. The largest absolute Gasteiger partial charge is 0.325 e. The lowest BCUT2D eigenvalue weighted by Gasteiger charge is -2.29. The number of aromatic nitrogens is 2. The Morgan fingerprint density at radius 1 is 1.26 bits per heavy atom. The Hall–Kier alpha value is -2.47. The number of fused-ring (bicyclic) bond motifs is 1. The zero-order valence-corrected chi connectivity index (χ0v) is 10.2. The van der Waals surface area contributed by atoms with Crippen LogP contribution in [0.3, 0.4) is 0 Å². The summed E-state index contributed by atoms with van der Waals surface area (Å²) in [7, 11) is 0. The lowest BCUT2D eigenvalue weighted by molar-refractivity contribution is -0.115. The van der Waals surface area contributed by atoms with E-state index in [9.17, 15) is 4.79 Å².